The van der Waals surface area contributed by atoms with Crippen LogP contribution in [0.2, 0.25) is 5.02 Å². The summed E-state index contributed by atoms with van der Waals surface area (Å²) in [5, 5.41) is 27.3. The Hall–Kier alpha value is -1.86. The molecular weight excluding hydrogens is 337 g/mol. The highest BCUT2D eigenvalue weighted by Gasteiger charge is 2.20. The molecule has 0 saturated heterocycles. The van der Waals surface area contributed by atoms with E-state index in [1.54, 1.807) is 12.1 Å². The molecule has 0 radical (unpaired) electrons. The quantitative estimate of drug-likeness (QED) is 0.483. The van der Waals surface area contributed by atoms with Gasteiger partial charge < -0.3 is 10.3 Å². The molecule has 0 aliphatic carbocycles. The molecule has 2 aliphatic heterocycles. The highest BCUT2D eigenvalue weighted by molar-refractivity contribution is 9.10. The molecule has 96 valence electrons. The van der Waals surface area contributed by atoms with Gasteiger partial charge in [-0.1, -0.05) is 11.6 Å². The Balaban J connectivity index is 2.60. The van der Waals surface area contributed by atoms with Crippen LogP contribution in [0, 0.1) is 0 Å². The number of rotatable bonds is 0. The molecule has 2 aliphatic rings. The fourth-order valence-electron chi connectivity index (χ4n) is 1.88. The number of pyridine rings is 1. The third-order valence-electron chi connectivity index (χ3n) is 2.74. The summed E-state index contributed by atoms with van der Waals surface area (Å²) in [4.78, 5) is 11.6. The Morgan fingerprint density at radius 1 is 1.26 bits per heavy atom. The number of halogens is 2. The van der Waals surface area contributed by atoms with Crippen molar-refractivity contribution in [2.45, 2.75) is 0 Å². The molecule has 0 amide bonds. The van der Waals surface area contributed by atoms with E-state index in [2.05, 4.69) is 26.1 Å². The number of hydrogen-bond donors (Lipinski definition) is 2. The number of nitrogens with zero attached hydrogens (tertiary/aromatic N) is 3. The van der Waals surface area contributed by atoms with Crippen LogP contribution in [0.4, 0.5) is 0 Å². The van der Waals surface area contributed by atoms with Gasteiger partial charge in [-0.05, 0) is 34.1 Å². The van der Waals surface area contributed by atoms with E-state index in [1.165, 1.54) is 6.07 Å². The molecule has 0 unspecified atom stereocenters. The van der Waals surface area contributed by atoms with Gasteiger partial charge in [-0.3, -0.25) is 4.79 Å². The maximum absolute atomic E-state index is 11.6. The monoisotopic (exact) mass is 341 g/mol. The molecule has 1 aromatic rings. The zero-order chi connectivity index (χ0) is 13.7. The number of benzene rings is 1. The average Bonchev–Trinajstić information content (AvgIpc) is 2.36. The molecule has 2 heterocycles. The molecule has 0 fully saturated rings. The molecule has 6 nitrogen and oxygen atoms in total. The number of aromatic hydroxyl groups is 1. The average molecular weight is 343 g/mol. The second-order valence-electron chi connectivity index (χ2n) is 3.87. The first-order valence-electron chi connectivity index (χ1n) is 5.08. The van der Waals surface area contributed by atoms with Crippen LogP contribution in [0.1, 0.15) is 0 Å². The lowest BCUT2D eigenvalue weighted by molar-refractivity contribution is 0.199. The molecule has 19 heavy (non-hydrogen) atoms. The molecule has 2 N–H and O–H groups in total. The van der Waals surface area contributed by atoms with E-state index in [4.69, 9.17) is 11.6 Å². The fraction of sp³-hybridized carbons (Fsp3) is 0. The number of fused-ring (bicyclic) bond motifs is 2. The van der Waals surface area contributed by atoms with Gasteiger partial charge in [0.2, 0.25) is 0 Å². The van der Waals surface area contributed by atoms with Gasteiger partial charge in [0, 0.05) is 9.86 Å². The van der Waals surface area contributed by atoms with Gasteiger partial charge in [0.15, 0.2) is 5.69 Å². The minimum absolute atomic E-state index is 0.0564. The van der Waals surface area contributed by atoms with Crippen LogP contribution in [0.5, 0.6) is 5.88 Å². The predicted molar refractivity (Wildman–Crippen MR) is 72.0 cm³/mol. The lowest BCUT2D eigenvalue weighted by Gasteiger charge is -2.13. The Bertz CT molecular complexity index is 849. The van der Waals surface area contributed by atoms with Crippen molar-refractivity contribution in [3.8, 4) is 17.1 Å². The highest BCUT2D eigenvalue weighted by atomic mass is 79.9. The third kappa shape index (κ3) is 1.73. The van der Waals surface area contributed by atoms with Crippen LogP contribution < -0.4 is 5.56 Å². The van der Waals surface area contributed by atoms with Gasteiger partial charge in [-0.25, -0.2) is 0 Å². The zero-order valence-electron chi connectivity index (χ0n) is 9.13. The van der Waals surface area contributed by atoms with Crippen molar-refractivity contribution in [1.82, 2.24) is 14.9 Å². The minimum Gasteiger partial charge on any atom is -0.491 e. The number of aromatic nitrogens is 3. The fourth-order valence-corrected chi connectivity index (χ4v) is 2.38. The normalized spacial score (nSPS) is 11.3. The first-order valence-corrected chi connectivity index (χ1v) is 6.25. The standard InChI is InChI=1S/C11H5BrClN3O3/c12-6-3-8-4(2-7(6)13)1-5-9(16(8)19)11(18)15-14-10(5)17/h1-3,18-19H. The van der Waals surface area contributed by atoms with Crippen LogP contribution in [-0.2, 0) is 0 Å². The minimum atomic E-state index is -0.642. The summed E-state index contributed by atoms with van der Waals surface area (Å²) < 4.78 is 1.27. The van der Waals surface area contributed by atoms with E-state index in [9.17, 15) is 15.1 Å². The summed E-state index contributed by atoms with van der Waals surface area (Å²) in [6.45, 7) is 0. The summed E-state index contributed by atoms with van der Waals surface area (Å²) in [5.74, 6) is -0.523. The summed E-state index contributed by atoms with van der Waals surface area (Å²) in [5.41, 5.74) is -0.314. The van der Waals surface area contributed by atoms with E-state index in [1.807, 2.05) is 0 Å². The molecule has 0 atom stereocenters. The maximum atomic E-state index is 11.6. The van der Waals surface area contributed by atoms with Crippen LogP contribution in [0.3, 0.4) is 0 Å². The van der Waals surface area contributed by atoms with Crippen LogP contribution >= 0.6 is 27.5 Å². The van der Waals surface area contributed by atoms with Gasteiger partial charge in [-0.15, -0.1) is 10.2 Å². The second-order valence-corrected chi connectivity index (χ2v) is 5.13. The van der Waals surface area contributed by atoms with Crippen molar-refractivity contribution >= 4 is 38.4 Å². The Labute approximate surface area is 119 Å². The van der Waals surface area contributed by atoms with Crippen molar-refractivity contribution in [1.29, 1.82) is 0 Å². The third-order valence-corrected chi connectivity index (χ3v) is 3.94. The van der Waals surface area contributed by atoms with Gasteiger partial charge in [-0.2, -0.15) is 4.73 Å². The largest absolute Gasteiger partial charge is 0.491 e. The molecule has 1 aromatic carbocycles. The SMILES string of the molecule is O=c1nnc(O)c2n(O)c3cc(Br)c(Cl)cc3cc1-2. The topological polar surface area (TPSA) is 88.2 Å². The van der Waals surface area contributed by atoms with Gasteiger partial charge >= 0.3 is 0 Å². The smallest absolute Gasteiger partial charge is 0.298 e. The van der Waals surface area contributed by atoms with Gasteiger partial charge in [0.1, 0.15) is 0 Å². The highest BCUT2D eigenvalue weighted by Crippen LogP contribution is 2.33. The second kappa shape index (κ2) is 4.07. The van der Waals surface area contributed by atoms with E-state index in [-0.39, 0.29) is 11.3 Å². The zero-order valence-corrected chi connectivity index (χ0v) is 11.5. The number of hydrogen-bond acceptors (Lipinski definition) is 5. The van der Waals surface area contributed by atoms with Gasteiger partial charge in [0.25, 0.3) is 11.4 Å². The van der Waals surface area contributed by atoms with Crippen molar-refractivity contribution in [2.75, 3.05) is 0 Å². The molecule has 8 heteroatoms. The maximum Gasteiger partial charge on any atom is 0.298 e. The van der Waals surface area contributed by atoms with E-state index in [0.717, 1.165) is 0 Å². The van der Waals surface area contributed by atoms with Crippen molar-refractivity contribution in [2.24, 2.45) is 0 Å². The van der Waals surface area contributed by atoms with E-state index in [0.29, 0.717) is 25.1 Å². The first kappa shape index (κ1) is 12.2. The van der Waals surface area contributed by atoms with Crippen LogP contribution in [0.25, 0.3) is 22.2 Å². The summed E-state index contributed by atoms with van der Waals surface area (Å²) in [6, 6.07) is 4.65. The van der Waals surface area contributed by atoms with E-state index < -0.39 is 11.4 Å². The Morgan fingerprint density at radius 2 is 2.00 bits per heavy atom. The molecule has 0 saturated carbocycles. The van der Waals surface area contributed by atoms with Crippen molar-refractivity contribution in [3.63, 3.8) is 0 Å². The summed E-state index contributed by atoms with van der Waals surface area (Å²) >= 11 is 9.21. The Kier molecular flexibility index (Phi) is 2.61. The summed E-state index contributed by atoms with van der Waals surface area (Å²) in [6.07, 6.45) is 0. The molecule has 0 aromatic heterocycles. The van der Waals surface area contributed by atoms with E-state index >= 15 is 0 Å². The van der Waals surface area contributed by atoms with Gasteiger partial charge in [0.05, 0.1) is 16.1 Å². The summed E-state index contributed by atoms with van der Waals surface area (Å²) in [7, 11) is 0. The van der Waals surface area contributed by atoms with Crippen LogP contribution in [0.15, 0.2) is 27.5 Å². The molecule has 3 rings (SSSR count). The Morgan fingerprint density at radius 3 is 2.74 bits per heavy atom. The molecular formula is C11H5BrClN3O3. The lowest BCUT2D eigenvalue weighted by Crippen LogP contribution is -2.16. The lowest BCUT2D eigenvalue weighted by atomic mass is 10.1. The van der Waals surface area contributed by atoms with Crippen molar-refractivity contribution < 1.29 is 10.3 Å². The first-order chi connectivity index (χ1) is 8.99. The molecule has 0 bridgehead atoms. The van der Waals surface area contributed by atoms with Crippen molar-refractivity contribution in [3.05, 3.63) is 38.0 Å². The molecule has 0 spiro atoms. The predicted octanol–water partition coefficient (Wildman–Crippen LogP) is 2.26. The van der Waals surface area contributed by atoms with Crippen LogP contribution in [-0.4, -0.2) is 25.2 Å².